The highest BCUT2D eigenvalue weighted by atomic mass is 32.2. The van der Waals surface area contributed by atoms with Crippen molar-refractivity contribution in [3.05, 3.63) is 48.1 Å². The third kappa shape index (κ3) is 5.48. The second-order valence-corrected chi connectivity index (χ2v) is 9.91. The van der Waals surface area contributed by atoms with Crippen LogP contribution in [0.2, 0.25) is 0 Å². The number of imidazole rings is 1. The molecule has 1 saturated heterocycles. The summed E-state index contributed by atoms with van der Waals surface area (Å²) in [5.74, 6) is 0.490. The van der Waals surface area contributed by atoms with E-state index in [4.69, 9.17) is 14.7 Å². The van der Waals surface area contributed by atoms with Crippen molar-refractivity contribution in [2.45, 2.75) is 19.9 Å². The molecule has 0 spiro atoms. The van der Waals surface area contributed by atoms with Gasteiger partial charge < -0.3 is 19.6 Å². The highest BCUT2D eigenvalue weighted by molar-refractivity contribution is 7.79. The van der Waals surface area contributed by atoms with Crippen LogP contribution in [0.15, 0.2) is 30.9 Å². The number of anilines is 2. The molecule has 1 aliphatic heterocycles. The Balaban J connectivity index is 1.51. The van der Waals surface area contributed by atoms with Gasteiger partial charge in [-0.15, -0.1) is 0 Å². The molecule has 0 saturated carbocycles. The van der Waals surface area contributed by atoms with E-state index < -0.39 is 16.9 Å². The van der Waals surface area contributed by atoms with Crippen LogP contribution >= 0.6 is 0 Å². The molecular formula is C24H28FN9O3S. The summed E-state index contributed by atoms with van der Waals surface area (Å²) in [6.45, 7) is 6.81. The maximum Gasteiger partial charge on any atom is 0.250 e. The summed E-state index contributed by atoms with van der Waals surface area (Å²) in [5.41, 5.74) is 3.88. The van der Waals surface area contributed by atoms with Crippen LogP contribution in [0.3, 0.4) is 0 Å². The summed E-state index contributed by atoms with van der Waals surface area (Å²) in [7, 11) is 1.36. The van der Waals surface area contributed by atoms with Gasteiger partial charge in [0, 0.05) is 50.0 Å². The van der Waals surface area contributed by atoms with Gasteiger partial charge in [-0.2, -0.15) is 0 Å². The lowest BCUT2D eigenvalue weighted by atomic mass is 10.0. The third-order valence-corrected chi connectivity index (χ3v) is 7.14. The maximum absolute atomic E-state index is 14.3. The Bertz CT molecular complexity index is 1480. The summed E-state index contributed by atoms with van der Waals surface area (Å²) < 4.78 is 39.7. The Hall–Kier alpha value is -3.59. The minimum Gasteiger partial charge on any atom is -0.479 e. The second kappa shape index (κ2) is 11.0. The van der Waals surface area contributed by atoms with Crippen molar-refractivity contribution in [1.82, 2.24) is 39.7 Å². The summed E-state index contributed by atoms with van der Waals surface area (Å²) >= 11 is -1.84. The zero-order valence-corrected chi connectivity index (χ0v) is 22.0. The predicted octanol–water partition coefficient (Wildman–Crippen LogP) is 2.87. The number of ether oxygens (including phenoxy) is 1. The fourth-order valence-electron chi connectivity index (χ4n) is 4.55. The van der Waals surface area contributed by atoms with E-state index in [1.165, 1.54) is 19.4 Å². The van der Waals surface area contributed by atoms with Crippen LogP contribution in [-0.2, 0) is 11.1 Å². The van der Waals surface area contributed by atoms with Crippen LogP contribution in [0.1, 0.15) is 24.4 Å². The number of aryl methyl sites for hydroxylation is 1. The van der Waals surface area contributed by atoms with E-state index in [9.17, 15) is 13.2 Å². The van der Waals surface area contributed by atoms with Crippen LogP contribution in [0.4, 0.5) is 15.9 Å². The number of piperazine rings is 1. The van der Waals surface area contributed by atoms with Gasteiger partial charge >= 0.3 is 0 Å². The van der Waals surface area contributed by atoms with E-state index >= 15 is 0 Å². The number of fused-ring (bicyclic) bond motifs is 1. The lowest BCUT2D eigenvalue weighted by Gasteiger charge is -2.37. The largest absolute Gasteiger partial charge is 0.479 e. The Labute approximate surface area is 221 Å². The first-order valence-electron chi connectivity index (χ1n) is 12.0. The van der Waals surface area contributed by atoms with Gasteiger partial charge in [0.25, 0.3) is 0 Å². The number of nitrogens with zero attached hydrogens (tertiary/aromatic N) is 7. The summed E-state index contributed by atoms with van der Waals surface area (Å²) in [4.78, 5) is 29.5. The highest BCUT2D eigenvalue weighted by Crippen LogP contribution is 2.34. The van der Waals surface area contributed by atoms with Crippen LogP contribution < -0.4 is 10.1 Å². The Kier molecular flexibility index (Phi) is 7.56. The number of hydrogen-bond acceptors (Lipinski definition) is 10. The first-order valence-corrected chi connectivity index (χ1v) is 13.3. The number of hydrogen-bond donors (Lipinski definition) is 3. The van der Waals surface area contributed by atoms with Crippen LogP contribution in [0.25, 0.3) is 22.4 Å². The Morgan fingerprint density at radius 1 is 1.18 bits per heavy atom. The molecule has 1 fully saturated rings. The summed E-state index contributed by atoms with van der Waals surface area (Å²) in [6.07, 6.45) is 4.83. The molecule has 4 aromatic heterocycles. The third-order valence-electron chi connectivity index (χ3n) is 6.55. The van der Waals surface area contributed by atoms with Crippen LogP contribution in [0, 0.1) is 12.7 Å². The van der Waals surface area contributed by atoms with E-state index in [0.717, 1.165) is 18.7 Å². The molecule has 2 unspecified atom stereocenters. The topological polar surface area (TPSA) is 145 Å². The molecule has 5 rings (SSSR count). The molecule has 12 nitrogen and oxygen atoms in total. The quantitative estimate of drug-likeness (QED) is 0.283. The van der Waals surface area contributed by atoms with Crippen molar-refractivity contribution >= 4 is 33.7 Å². The SMILES string of the molecule is COc1ncc(Nc2ncc(C(C)N3CCN(CS(=O)O)CC3)cc2-c2nc(C)nc3nc[nH]c23)cc1F. The molecule has 0 bridgehead atoms. The number of aromatic amines is 1. The van der Waals surface area contributed by atoms with E-state index in [1.807, 2.05) is 11.0 Å². The molecule has 1 aliphatic rings. The molecule has 14 heteroatoms. The summed E-state index contributed by atoms with van der Waals surface area (Å²) in [6, 6.07) is 3.34. The normalized spacial score (nSPS) is 16.4. The van der Waals surface area contributed by atoms with E-state index in [-0.39, 0.29) is 17.8 Å². The predicted molar refractivity (Wildman–Crippen MR) is 141 cm³/mol. The molecule has 3 N–H and O–H groups in total. The lowest BCUT2D eigenvalue weighted by molar-refractivity contribution is 0.113. The molecule has 5 heterocycles. The van der Waals surface area contributed by atoms with Crippen molar-refractivity contribution in [3.63, 3.8) is 0 Å². The average molecular weight is 542 g/mol. The monoisotopic (exact) mass is 541 g/mol. The smallest absolute Gasteiger partial charge is 0.250 e. The van der Waals surface area contributed by atoms with Crippen molar-refractivity contribution in [3.8, 4) is 17.1 Å². The van der Waals surface area contributed by atoms with Gasteiger partial charge in [0.15, 0.2) is 22.5 Å². The van der Waals surface area contributed by atoms with Crippen molar-refractivity contribution in [2.24, 2.45) is 0 Å². The molecule has 0 amide bonds. The van der Waals surface area contributed by atoms with Gasteiger partial charge in [0.2, 0.25) is 5.88 Å². The number of rotatable bonds is 8. The number of pyridine rings is 2. The molecule has 200 valence electrons. The zero-order chi connectivity index (χ0) is 26.8. The van der Waals surface area contributed by atoms with Crippen molar-refractivity contribution in [1.29, 1.82) is 0 Å². The number of halogens is 1. The number of H-pyrrole nitrogens is 1. The fourth-order valence-corrected chi connectivity index (χ4v) is 5.12. The van der Waals surface area contributed by atoms with Crippen LogP contribution in [0.5, 0.6) is 5.88 Å². The molecule has 0 aliphatic carbocycles. The number of aromatic nitrogens is 6. The van der Waals surface area contributed by atoms with Crippen molar-refractivity contribution in [2.75, 3.05) is 44.5 Å². The highest BCUT2D eigenvalue weighted by Gasteiger charge is 2.25. The van der Waals surface area contributed by atoms with Gasteiger partial charge in [0.05, 0.1) is 25.3 Å². The minimum absolute atomic E-state index is 0.0253. The van der Waals surface area contributed by atoms with E-state index in [2.05, 4.69) is 37.1 Å². The molecule has 0 aromatic carbocycles. The number of nitrogens with one attached hydrogen (secondary N) is 2. The second-order valence-electron chi connectivity index (χ2n) is 9.01. The average Bonchev–Trinajstić information content (AvgIpc) is 3.37. The number of methoxy groups -OCH3 is 1. The Morgan fingerprint density at radius 3 is 2.68 bits per heavy atom. The molecule has 2 atom stereocenters. The summed E-state index contributed by atoms with van der Waals surface area (Å²) in [5, 5.41) is 3.17. The Morgan fingerprint density at radius 2 is 1.97 bits per heavy atom. The first kappa shape index (κ1) is 26.0. The van der Waals surface area contributed by atoms with Crippen LogP contribution in [-0.4, -0.2) is 87.6 Å². The zero-order valence-electron chi connectivity index (χ0n) is 21.2. The van der Waals surface area contributed by atoms with Gasteiger partial charge in [-0.3, -0.25) is 9.80 Å². The molecule has 4 aromatic rings. The van der Waals surface area contributed by atoms with Gasteiger partial charge in [-0.05, 0) is 25.5 Å². The van der Waals surface area contributed by atoms with Gasteiger partial charge in [-0.1, -0.05) is 0 Å². The van der Waals surface area contributed by atoms with E-state index in [0.29, 0.717) is 52.8 Å². The van der Waals surface area contributed by atoms with Gasteiger partial charge in [-0.25, -0.2) is 33.5 Å². The fraction of sp³-hybridized carbons (Fsp3) is 0.375. The minimum atomic E-state index is -1.84. The van der Waals surface area contributed by atoms with E-state index in [1.54, 1.807) is 19.4 Å². The molecule has 0 radical (unpaired) electrons. The maximum atomic E-state index is 14.3. The molecular weight excluding hydrogens is 513 g/mol. The first-order chi connectivity index (χ1) is 18.3. The van der Waals surface area contributed by atoms with Gasteiger partial charge in [0.1, 0.15) is 28.7 Å². The molecule has 38 heavy (non-hydrogen) atoms. The lowest BCUT2D eigenvalue weighted by Crippen LogP contribution is -2.47. The van der Waals surface area contributed by atoms with Crippen molar-refractivity contribution < 1.29 is 17.9 Å². The standard InChI is InChI=1S/C24H28FN9O3S/c1-14(34-6-4-33(5-7-34)13-38(35)36)16-8-18(20-21-23(29-12-28-21)31-15(2)30-20)22(26-10-16)32-17-9-19(25)24(37-3)27-11-17/h8-12,14H,4-7,13H2,1-3H3,(H,26,32)(H,35,36)(H,28,29,30,31).